The fourth-order valence-electron chi connectivity index (χ4n) is 10.3. The predicted octanol–water partition coefficient (Wildman–Crippen LogP) is 21.1. The molecule has 2 atom stereocenters. The maximum Gasteiger partial charge on any atom is 0.305 e. The van der Waals surface area contributed by atoms with E-state index in [4.69, 9.17) is 4.74 Å². The number of aliphatic hydroxyl groups excluding tert-OH is 2. The molecule has 2 unspecified atom stereocenters. The Morgan fingerprint density at radius 3 is 1.08 bits per heavy atom. The summed E-state index contributed by atoms with van der Waals surface area (Å²) in [6, 6.07) is -0.541. The Labute approximate surface area is 462 Å². The summed E-state index contributed by atoms with van der Waals surface area (Å²) in [5.74, 6) is -0.0301. The van der Waals surface area contributed by atoms with Crippen LogP contribution in [0.2, 0.25) is 0 Å². The van der Waals surface area contributed by atoms with Gasteiger partial charge in [-0.1, -0.05) is 307 Å². The van der Waals surface area contributed by atoms with Crippen molar-refractivity contribution >= 4 is 11.9 Å². The van der Waals surface area contributed by atoms with Crippen molar-refractivity contribution < 1.29 is 24.5 Å². The van der Waals surface area contributed by atoms with E-state index in [-0.39, 0.29) is 18.5 Å². The van der Waals surface area contributed by atoms with Gasteiger partial charge in [-0.25, -0.2) is 0 Å². The highest BCUT2D eigenvalue weighted by Gasteiger charge is 2.20. The van der Waals surface area contributed by atoms with Crippen molar-refractivity contribution in [1.29, 1.82) is 0 Å². The molecule has 6 heteroatoms. The normalized spacial score (nSPS) is 12.8. The van der Waals surface area contributed by atoms with Gasteiger partial charge in [0.1, 0.15) is 0 Å². The molecule has 0 fully saturated rings. The second-order valence-corrected chi connectivity index (χ2v) is 22.8. The van der Waals surface area contributed by atoms with Crippen LogP contribution in [0, 0.1) is 0 Å². The highest BCUT2D eigenvalue weighted by atomic mass is 16.5. The van der Waals surface area contributed by atoms with Crippen molar-refractivity contribution in [3.8, 4) is 0 Å². The number of nitrogens with one attached hydrogen (secondary N) is 1. The van der Waals surface area contributed by atoms with E-state index in [0.29, 0.717) is 25.9 Å². The summed E-state index contributed by atoms with van der Waals surface area (Å²) in [6.45, 7) is 4.93. The molecule has 0 radical (unpaired) electrons. The lowest BCUT2D eigenvalue weighted by Crippen LogP contribution is -2.45. The zero-order valence-corrected chi connectivity index (χ0v) is 49.8. The third-order valence-electron chi connectivity index (χ3n) is 15.4. The molecule has 0 spiro atoms. The molecule has 0 saturated heterocycles. The number of unbranched alkanes of at least 4 members (excludes halogenated alkanes) is 45. The number of carbonyl (C=O) groups is 2. The summed E-state index contributed by atoms with van der Waals surface area (Å²) >= 11 is 0. The minimum absolute atomic E-state index is 0.00211. The maximum absolute atomic E-state index is 12.5. The molecule has 0 aliphatic carbocycles. The number of aliphatic hydroxyl groups is 2. The van der Waals surface area contributed by atoms with Crippen molar-refractivity contribution in [2.24, 2.45) is 0 Å². The summed E-state index contributed by atoms with van der Waals surface area (Å²) in [4.78, 5) is 24.5. The molecule has 0 bridgehead atoms. The Kier molecular flexibility index (Phi) is 62.0. The van der Waals surface area contributed by atoms with Crippen molar-refractivity contribution in [2.75, 3.05) is 13.2 Å². The van der Waals surface area contributed by atoms with Gasteiger partial charge in [-0.05, 0) is 77.0 Å². The van der Waals surface area contributed by atoms with Gasteiger partial charge < -0.3 is 20.3 Å². The van der Waals surface area contributed by atoms with Crippen LogP contribution in [0.15, 0.2) is 36.5 Å². The van der Waals surface area contributed by atoms with Gasteiger partial charge in [0.05, 0.1) is 25.4 Å². The third-order valence-corrected chi connectivity index (χ3v) is 15.4. The number of amides is 1. The SMILES string of the molecule is CCCC/C=C\CCCCCCCC(=O)OCCCCCCCCCCC/C=C\C/C=C\CCCCCCCCCCCCCCCCCC(=O)NC(CO)C(O)CCCCCCCCCCCCCCCCC. The van der Waals surface area contributed by atoms with E-state index in [1.165, 1.54) is 276 Å². The molecule has 74 heavy (non-hydrogen) atoms. The average molecular weight is 1040 g/mol. The molecule has 0 rings (SSSR count). The van der Waals surface area contributed by atoms with Crippen molar-refractivity contribution in [2.45, 2.75) is 373 Å². The molecule has 0 aliphatic rings. The largest absolute Gasteiger partial charge is 0.466 e. The fraction of sp³-hybridized carbons (Fsp3) is 0.882. The van der Waals surface area contributed by atoms with E-state index in [1.807, 2.05) is 0 Å². The number of hydrogen-bond acceptors (Lipinski definition) is 5. The standard InChI is InChI=1S/C68H129NO5/c1-3-5-7-9-11-13-15-16-34-37-41-44-48-52-56-60-66(71)65(64-70)69-67(72)61-57-53-49-45-42-38-35-32-30-28-26-24-22-20-18-17-19-21-23-25-27-29-31-33-36-39-43-47-51-55-59-63-74-68(73)62-58-54-50-46-40-14-12-10-8-6-4-2/h10,12,19,21,25,27,65-66,70-71H,3-9,11,13-18,20,22-24,26,28-64H2,1-2H3,(H,69,72)/b12-10-,21-19-,27-25-. The maximum atomic E-state index is 12.5. The lowest BCUT2D eigenvalue weighted by molar-refractivity contribution is -0.143. The average Bonchev–Trinajstić information content (AvgIpc) is 3.40. The predicted molar refractivity (Wildman–Crippen MR) is 324 cm³/mol. The summed E-state index contributed by atoms with van der Waals surface area (Å²) in [7, 11) is 0. The summed E-state index contributed by atoms with van der Waals surface area (Å²) in [5, 5.41) is 23.3. The van der Waals surface area contributed by atoms with Crippen molar-refractivity contribution in [1.82, 2.24) is 5.32 Å². The minimum Gasteiger partial charge on any atom is -0.466 e. The Bertz CT molecular complexity index is 1200. The third kappa shape index (κ3) is 59.3. The Hall–Kier alpha value is -1.92. The van der Waals surface area contributed by atoms with Crippen molar-refractivity contribution in [3.63, 3.8) is 0 Å². The van der Waals surface area contributed by atoms with Crippen LogP contribution in [0.1, 0.15) is 361 Å². The van der Waals surface area contributed by atoms with E-state index < -0.39 is 12.1 Å². The molecule has 0 aromatic rings. The number of hydrogen-bond donors (Lipinski definition) is 3. The summed E-state index contributed by atoms with van der Waals surface area (Å²) < 4.78 is 5.46. The Balaban J connectivity index is 3.39. The van der Waals surface area contributed by atoms with Crippen LogP contribution in [-0.4, -0.2) is 47.4 Å². The summed E-state index contributed by atoms with van der Waals surface area (Å²) in [5.41, 5.74) is 0. The minimum atomic E-state index is -0.664. The van der Waals surface area contributed by atoms with Gasteiger partial charge in [0, 0.05) is 12.8 Å². The number of carbonyl (C=O) groups excluding carboxylic acids is 2. The van der Waals surface area contributed by atoms with Gasteiger partial charge in [0.25, 0.3) is 0 Å². The highest BCUT2D eigenvalue weighted by Crippen LogP contribution is 2.18. The van der Waals surface area contributed by atoms with Crippen LogP contribution in [0.3, 0.4) is 0 Å². The molecule has 0 heterocycles. The number of esters is 1. The fourth-order valence-corrected chi connectivity index (χ4v) is 10.3. The summed E-state index contributed by atoms with van der Waals surface area (Å²) in [6.07, 6.45) is 80.4. The van der Waals surface area contributed by atoms with Crippen LogP contribution >= 0.6 is 0 Å². The van der Waals surface area contributed by atoms with Gasteiger partial charge in [-0.3, -0.25) is 9.59 Å². The van der Waals surface area contributed by atoms with Gasteiger partial charge in [-0.2, -0.15) is 0 Å². The molecular weight excluding hydrogens is 911 g/mol. The number of rotatable bonds is 62. The van der Waals surface area contributed by atoms with Crippen LogP contribution < -0.4 is 5.32 Å². The van der Waals surface area contributed by atoms with Gasteiger partial charge in [0.2, 0.25) is 5.91 Å². The first-order valence-electron chi connectivity index (χ1n) is 33.2. The number of allylic oxidation sites excluding steroid dienone is 6. The first kappa shape index (κ1) is 72.1. The highest BCUT2D eigenvalue weighted by molar-refractivity contribution is 5.76. The smallest absolute Gasteiger partial charge is 0.305 e. The quantitative estimate of drug-likeness (QED) is 0.0320. The molecular formula is C68H129NO5. The molecule has 0 saturated carbocycles. The van der Waals surface area contributed by atoms with Crippen molar-refractivity contribution in [3.05, 3.63) is 36.5 Å². The first-order chi connectivity index (χ1) is 36.5. The second-order valence-electron chi connectivity index (χ2n) is 22.8. The van der Waals surface area contributed by atoms with E-state index in [1.54, 1.807) is 0 Å². The second kappa shape index (κ2) is 63.6. The molecule has 0 aromatic carbocycles. The van der Waals surface area contributed by atoms with Gasteiger partial charge >= 0.3 is 5.97 Å². The molecule has 1 amide bonds. The van der Waals surface area contributed by atoms with E-state index in [2.05, 4.69) is 55.6 Å². The molecule has 3 N–H and O–H groups in total. The molecule has 6 nitrogen and oxygen atoms in total. The van der Waals surface area contributed by atoms with Crippen LogP contribution in [0.4, 0.5) is 0 Å². The van der Waals surface area contributed by atoms with Gasteiger partial charge in [-0.15, -0.1) is 0 Å². The monoisotopic (exact) mass is 1040 g/mol. The van der Waals surface area contributed by atoms with Crippen LogP contribution in [-0.2, 0) is 14.3 Å². The van der Waals surface area contributed by atoms with E-state index in [0.717, 1.165) is 51.4 Å². The zero-order valence-electron chi connectivity index (χ0n) is 49.8. The Morgan fingerprint density at radius 1 is 0.378 bits per heavy atom. The zero-order chi connectivity index (χ0) is 53.6. The van der Waals surface area contributed by atoms with E-state index in [9.17, 15) is 19.8 Å². The molecule has 436 valence electrons. The first-order valence-corrected chi connectivity index (χ1v) is 33.2. The Morgan fingerprint density at radius 2 is 0.689 bits per heavy atom. The van der Waals surface area contributed by atoms with Crippen LogP contribution in [0.5, 0.6) is 0 Å². The van der Waals surface area contributed by atoms with Crippen LogP contribution in [0.25, 0.3) is 0 Å². The lowest BCUT2D eigenvalue weighted by Gasteiger charge is -2.22. The lowest BCUT2D eigenvalue weighted by atomic mass is 10.0. The molecule has 0 aromatic heterocycles. The molecule has 0 aliphatic heterocycles. The topological polar surface area (TPSA) is 95.9 Å². The van der Waals surface area contributed by atoms with E-state index >= 15 is 0 Å². The van der Waals surface area contributed by atoms with Gasteiger partial charge in [0.15, 0.2) is 0 Å². The number of ether oxygens (including phenoxy) is 1.